The van der Waals surface area contributed by atoms with Crippen LogP contribution in [-0.4, -0.2) is 39.1 Å². The van der Waals surface area contributed by atoms with E-state index in [0.717, 1.165) is 22.3 Å². The van der Waals surface area contributed by atoms with E-state index in [1.165, 1.54) is 11.8 Å². The lowest BCUT2D eigenvalue weighted by atomic mass is 10.3. The average molecular weight is 350 g/mol. The van der Waals surface area contributed by atoms with Gasteiger partial charge >= 0.3 is 5.97 Å². The third-order valence-electron chi connectivity index (χ3n) is 2.59. The first-order valence-electron chi connectivity index (χ1n) is 5.71. The molecule has 0 spiro atoms. The minimum Gasteiger partial charge on any atom is -0.480 e. The van der Waals surface area contributed by atoms with Gasteiger partial charge in [0.1, 0.15) is 6.04 Å². The standard InChI is InChI=1S/C11H16BrN3O3S/c1-3-7-10(12)9(15(2)14-7)5-19-4-8(11(17)18)13-6-16/h6,8H,3-5H2,1-2H3,(H,13,16)(H,17,18). The predicted molar refractivity (Wildman–Crippen MR) is 77.1 cm³/mol. The first-order chi connectivity index (χ1) is 9.01. The molecule has 0 saturated carbocycles. The molecule has 0 saturated heterocycles. The van der Waals surface area contributed by atoms with Gasteiger partial charge in [0, 0.05) is 18.6 Å². The quantitative estimate of drug-likeness (QED) is 0.688. The molecule has 1 heterocycles. The van der Waals surface area contributed by atoms with Crippen molar-refractivity contribution in [2.45, 2.75) is 25.1 Å². The molecule has 8 heteroatoms. The largest absolute Gasteiger partial charge is 0.480 e. The summed E-state index contributed by atoms with van der Waals surface area (Å²) in [5.74, 6) is -0.0837. The Kier molecular flexibility index (Phi) is 6.36. The number of carbonyl (C=O) groups is 2. The number of halogens is 1. The number of carbonyl (C=O) groups excluding carboxylic acids is 1. The van der Waals surface area contributed by atoms with Crippen LogP contribution in [0.2, 0.25) is 0 Å². The molecule has 1 rings (SSSR count). The van der Waals surface area contributed by atoms with Gasteiger partial charge in [-0.25, -0.2) is 4.79 Å². The number of rotatable bonds is 8. The molecule has 0 aliphatic rings. The zero-order valence-corrected chi connectivity index (χ0v) is 13.1. The van der Waals surface area contributed by atoms with E-state index in [4.69, 9.17) is 5.11 Å². The molecule has 0 aromatic carbocycles. The van der Waals surface area contributed by atoms with Crippen molar-refractivity contribution in [3.63, 3.8) is 0 Å². The van der Waals surface area contributed by atoms with Crippen molar-refractivity contribution >= 4 is 40.1 Å². The van der Waals surface area contributed by atoms with Gasteiger partial charge in [0.2, 0.25) is 6.41 Å². The van der Waals surface area contributed by atoms with Crippen LogP contribution in [-0.2, 0) is 28.8 Å². The molecule has 1 aromatic heterocycles. The second-order valence-corrected chi connectivity index (χ2v) is 5.70. The highest BCUT2D eigenvalue weighted by molar-refractivity contribution is 9.10. The Bertz CT molecular complexity index is 464. The van der Waals surface area contributed by atoms with Gasteiger partial charge in [-0.05, 0) is 22.4 Å². The van der Waals surface area contributed by atoms with Crippen LogP contribution in [0.1, 0.15) is 18.3 Å². The number of hydrogen-bond donors (Lipinski definition) is 2. The average Bonchev–Trinajstić information content (AvgIpc) is 2.64. The van der Waals surface area contributed by atoms with Gasteiger partial charge in [-0.15, -0.1) is 0 Å². The van der Waals surface area contributed by atoms with E-state index in [1.807, 2.05) is 14.0 Å². The molecule has 1 atom stereocenters. The number of nitrogens with zero attached hydrogens (tertiary/aromatic N) is 2. The van der Waals surface area contributed by atoms with Crippen LogP contribution in [0.4, 0.5) is 0 Å². The number of amides is 1. The van der Waals surface area contributed by atoms with Crippen LogP contribution < -0.4 is 5.32 Å². The van der Waals surface area contributed by atoms with Crippen LogP contribution in [0.15, 0.2) is 4.47 Å². The molecule has 0 aliphatic heterocycles. The van der Waals surface area contributed by atoms with Crippen molar-refractivity contribution in [3.8, 4) is 0 Å². The number of aromatic nitrogens is 2. The molecule has 1 unspecified atom stereocenters. The summed E-state index contributed by atoms with van der Waals surface area (Å²) in [5, 5.41) is 15.5. The molecule has 1 amide bonds. The van der Waals surface area contributed by atoms with Crippen LogP contribution in [0.5, 0.6) is 0 Å². The Balaban J connectivity index is 2.59. The van der Waals surface area contributed by atoms with E-state index in [9.17, 15) is 9.59 Å². The lowest BCUT2D eigenvalue weighted by Gasteiger charge is -2.10. The number of aryl methyl sites for hydroxylation is 2. The molecule has 0 aliphatic carbocycles. The van der Waals surface area contributed by atoms with E-state index in [1.54, 1.807) is 4.68 Å². The van der Waals surface area contributed by atoms with E-state index in [-0.39, 0.29) is 0 Å². The summed E-state index contributed by atoms with van der Waals surface area (Å²) in [5.41, 5.74) is 2.00. The summed E-state index contributed by atoms with van der Waals surface area (Å²) in [6, 6.07) is -0.861. The fourth-order valence-corrected chi connectivity index (χ4v) is 3.58. The molecule has 2 N–H and O–H groups in total. The van der Waals surface area contributed by atoms with E-state index >= 15 is 0 Å². The molecule has 6 nitrogen and oxygen atoms in total. The second-order valence-electron chi connectivity index (χ2n) is 3.88. The van der Waals surface area contributed by atoms with Gasteiger partial charge in [-0.2, -0.15) is 16.9 Å². The Morgan fingerprint density at radius 3 is 2.84 bits per heavy atom. The smallest absolute Gasteiger partial charge is 0.327 e. The summed E-state index contributed by atoms with van der Waals surface area (Å²) >= 11 is 4.95. The molecule has 0 bridgehead atoms. The van der Waals surface area contributed by atoms with E-state index < -0.39 is 12.0 Å². The highest BCUT2D eigenvalue weighted by atomic mass is 79.9. The van der Waals surface area contributed by atoms with E-state index in [2.05, 4.69) is 26.3 Å². The Morgan fingerprint density at radius 2 is 2.37 bits per heavy atom. The first kappa shape index (κ1) is 16.0. The normalized spacial score (nSPS) is 12.2. The third kappa shape index (κ3) is 4.24. The van der Waals surface area contributed by atoms with Crippen molar-refractivity contribution in [1.29, 1.82) is 0 Å². The maximum absolute atomic E-state index is 10.9. The van der Waals surface area contributed by atoms with Crippen LogP contribution in [0, 0.1) is 0 Å². The van der Waals surface area contributed by atoms with Gasteiger partial charge in [-0.1, -0.05) is 6.92 Å². The number of aliphatic carboxylic acids is 1. The van der Waals surface area contributed by atoms with Crippen LogP contribution in [0.25, 0.3) is 0 Å². The minimum atomic E-state index is -1.03. The second kappa shape index (κ2) is 7.54. The minimum absolute atomic E-state index is 0.313. The molecular weight excluding hydrogens is 334 g/mol. The van der Waals surface area contributed by atoms with Crippen molar-refractivity contribution in [3.05, 3.63) is 15.9 Å². The van der Waals surface area contributed by atoms with Crippen molar-refractivity contribution in [2.75, 3.05) is 5.75 Å². The van der Waals surface area contributed by atoms with Crippen LogP contribution in [0.3, 0.4) is 0 Å². The summed E-state index contributed by atoms with van der Waals surface area (Å²) in [7, 11) is 1.86. The Morgan fingerprint density at radius 1 is 1.68 bits per heavy atom. The maximum Gasteiger partial charge on any atom is 0.327 e. The van der Waals surface area contributed by atoms with Gasteiger partial charge in [-0.3, -0.25) is 9.48 Å². The highest BCUT2D eigenvalue weighted by Crippen LogP contribution is 2.25. The van der Waals surface area contributed by atoms with Crippen molar-refractivity contribution in [1.82, 2.24) is 15.1 Å². The van der Waals surface area contributed by atoms with Gasteiger partial charge < -0.3 is 10.4 Å². The van der Waals surface area contributed by atoms with Crippen LogP contribution >= 0.6 is 27.7 Å². The molecular formula is C11H16BrN3O3S. The molecule has 19 heavy (non-hydrogen) atoms. The van der Waals surface area contributed by atoms with Gasteiger partial charge in [0.05, 0.1) is 15.9 Å². The number of carboxylic acid groups (broad SMARTS) is 1. The SMILES string of the molecule is CCc1nn(C)c(CSCC(NC=O)C(=O)O)c1Br. The fraction of sp³-hybridized carbons (Fsp3) is 0.545. The van der Waals surface area contributed by atoms with Crippen molar-refractivity contribution in [2.24, 2.45) is 7.05 Å². The lowest BCUT2D eigenvalue weighted by Crippen LogP contribution is -2.37. The number of thioether (sulfide) groups is 1. The number of hydrogen-bond acceptors (Lipinski definition) is 4. The fourth-order valence-electron chi connectivity index (χ4n) is 1.52. The monoisotopic (exact) mass is 349 g/mol. The number of carboxylic acids is 1. The molecule has 0 fully saturated rings. The Labute approximate surface area is 124 Å². The third-order valence-corrected chi connectivity index (χ3v) is 4.56. The lowest BCUT2D eigenvalue weighted by molar-refractivity contribution is -0.139. The number of nitrogens with one attached hydrogen (secondary N) is 1. The highest BCUT2D eigenvalue weighted by Gasteiger charge is 2.18. The zero-order valence-electron chi connectivity index (χ0n) is 10.7. The topological polar surface area (TPSA) is 84.2 Å². The molecule has 0 radical (unpaired) electrons. The van der Waals surface area contributed by atoms with Crippen molar-refractivity contribution < 1.29 is 14.7 Å². The van der Waals surface area contributed by atoms with Gasteiger partial charge in [0.25, 0.3) is 0 Å². The summed E-state index contributed by atoms with van der Waals surface area (Å²) in [6.07, 6.45) is 1.25. The Hall–Kier alpha value is -1.02. The maximum atomic E-state index is 10.9. The summed E-state index contributed by atoms with van der Waals surface area (Å²) in [4.78, 5) is 21.2. The molecule has 106 valence electrons. The summed E-state index contributed by atoms with van der Waals surface area (Å²) < 4.78 is 2.76. The molecule has 1 aromatic rings. The van der Waals surface area contributed by atoms with Gasteiger partial charge in [0.15, 0.2) is 0 Å². The van der Waals surface area contributed by atoms with E-state index in [0.29, 0.717) is 17.9 Å². The summed E-state index contributed by atoms with van der Waals surface area (Å²) in [6.45, 7) is 2.03. The zero-order chi connectivity index (χ0) is 14.4. The first-order valence-corrected chi connectivity index (χ1v) is 7.66. The predicted octanol–water partition coefficient (Wildman–Crippen LogP) is 1.18.